The maximum absolute atomic E-state index is 6.56. The Labute approximate surface area is 255 Å². The Morgan fingerprint density at radius 3 is 1.64 bits per heavy atom. The molecule has 0 aliphatic rings. The summed E-state index contributed by atoms with van der Waals surface area (Å²) in [6, 6.07) is 58.4. The minimum absolute atomic E-state index is 0.919. The quantitative estimate of drug-likeness (QED) is 0.194. The van der Waals surface area contributed by atoms with Crippen LogP contribution >= 0.6 is 0 Å². The van der Waals surface area contributed by atoms with E-state index in [0.717, 1.165) is 33.8 Å². The van der Waals surface area contributed by atoms with Crippen molar-refractivity contribution >= 4 is 60.5 Å². The lowest BCUT2D eigenvalue weighted by molar-refractivity contribution is 0.669. The first-order chi connectivity index (χ1) is 21.8. The zero-order valence-corrected chi connectivity index (χ0v) is 23.9. The summed E-state index contributed by atoms with van der Waals surface area (Å²) in [4.78, 5) is 2.38. The Kier molecular flexibility index (Phi) is 5.54. The van der Waals surface area contributed by atoms with Crippen LogP contribution in [0, 0.1) is 0 Å². The number of hydrogen-bond donors (Lipinski definition) is 0. The standard InChI is InChI=1S/C42H27NO/c1-4-12-28(13-5-1)30-22-24-33(25-23-30)43(32-16-8-3-9-17-32)37-20-10-18-34-36-26-31(29-14-6-2-7-15-29)27-39-42(36)41-35(40(34)37)19-11-21-38(41)44-39/h1-27H. The first kappa shape index (κ1) is 24.7. The molecule has 0 unspecified atom stereocenters. The molecule has 0 aliphatic heterocycles. The topological polar surface area (TPSA) is 16.4 Å². The second-order valence-electron chi connectivity index (χ2n) is 11.3. The summed E-state index contributed by atoms with van der Waals surface area (Å²) in [7, 11) is 0. The molecule has 0 fully saturated rings. The average Bonchev–Trinajstić information content (AvgIpc) is 3.49. The van der Waals surface area contributed by atoms with Gasteiger partial charge in [0.1, 0.15) is 11.2 Å². The lowest BCUT2D eigenvalue weighted by Crippen LogP contribution is -2.10. The first-order valence-electron chi connectivity index (χ1n) is 15.0. The van der Waals surface area contributed by atoms with Crippen LogP contribution in [0.25, 0.3) is 65.7 Å². The molecule has 0 N–H and O–H groups in total. The van der Waals surface area contributed by atoms with Crippen molar-refractivity contribution in [1.29, 1.82) is 0 Å². The van der Waals surface area contributed by atoms with Crippen molar-refractivity contribution in [2.75, 3.05) is 4.90 Å². The number of nitrogens with zero attached hydrogens (tertiary/aromatic N) is 1. The van der Waals surface area contributed by atoms with E-state index in [1.807, 2.05) is 0 Å². The number of anilines is 3. The summed E-state index contributed by atoms with van der Waals surface area (Å²) in [5.74, 6) is 0. The molecule has 9 rings (SSSR count). The van der Waals surface area contributed by atoms with Crippen molar-refractivity contribution in [1.82, 2.24) is 0 Å². The number of fused-ring (bicyclic) bond motifs is 3. The molecule has 0 saturated heterocycles. The zero-order valence-electron chi connectivity index (χ0n) is 23.9. The lowest BCUT2D eigenvalue weighted by atomic mass is 9.91. The molecular formula is C42H27NO. The van der Waals surface area contributed by atoms with Crippen molar-refractivity contribution in [2.24, 2.45) is 0 Å². The van der Waals surface area contributed by atoms with E-state index in [2.05, 4.69) is 169 Å². The summed E-state index contributed by atoms with van der Waals surface area (Å²) in [6.07, 6.45) is 0. The summed E-state index contributed by atoms with van der Waals surface area (Å²) in [5, 5.41) is 7.22. The van der Waals surface area contributed by atoms with Gasteiger partial charge in [-0.1, -0.05) is 115 Å². The summed E-state index contributed by atoms with van der Waals surface area (Å²) < 4.78 is 6.56. The first-order valence-corrected chi connectivity index (χ1v) is 15.0. The van der Waals surface area contributed by atoms with Crippen LogP contribution in [-0.2, 0) is 0 Å². The Balaban J connectivity index is 1.35. The Morgan fingerprint density at radius 2 is 0.909 bits per heavy atom. The van der Waals surface area contributed by atoms with Gasteiger partial charge in [0.05, 0.1) is 5.69 Å². The van der Waals surface area contributed by atoms with Gasteiger partial charge >= 0.3 is 0 Å². The highest BCUT2D eigenvalue weighted by Gasteiger charge is 2.23. The van der Waals surface area contributed by atoms with Gasteiger partial charge in [-0.2, -0.15) is 0 Å². The summed E-state index contributed by atoms with van der Waals surface area (Å²) in [6.45, 7) is 0. The predicted molar refractivity (Wildman–Crippen MR) is 185 cm³/mol. The molecule has 0 bridgehead atoms. The number of benzene rings is 8. The second-order valence-corrected chi connectivity index (χ2v) is 11.3. The van der Waals surface area contributed by atoms with Crippen molar-refractivity contribution in [2.45, 2.75) is 0 Å². The van der Waals surface area contributed by atoms with Crippen molar-refractivity contribution in [3.05, 3.63) is 164 Å². The smallest absolute Gasteiger partial charge is 0.136 e. The van der Waals surface area contributed by atoms with Gasteiger partial charge in [0.2, 0.25) is 0 Å². The van der Waals surface area contributed by atoms with E-state index in [1.54, 1.807) is 0 Å². The van der Waals surface area contributed by atoms with Gasteiger partial charge in [-0.05, 0) is 86.9 Å². The normalized spacial score (nSPS) is 11.6. The lowest BCUT2D eigenvalue weighted by Gasteiger charge is -2.28. The Bertz CT molecular complexity index is 2410. The van der Waals surface area contributed by atoms with Gasteiger partial charge < -0.3 is 9.32 Å². The van der Waals surface area contributed by atoms with E-state index in [1.165, 1.54) is 49.0 Å². The van der Waals surface area contributed by atoms with E-state index < -0.39 is 0 Å². The van der Waals surface area contributed by atoms with Gasteiger partial charge in [-0.25, -0.2) is 0 Å². The SMILES string of the molecule is c1ccc(-c2ccc(N(c3ccccc3)c3cccc4c5cc(-c6ccccc6)cc6oc7cccc(c34)c7c65)cc2)cc1. The monoisotopic (exact) mass is 561 g/mol. The van der Waals surface area contributed by atoms with Gasteiger partial charge in [-0.15, -0.1) is 0 Å². The fourth-order valence-corrected chi connectivity index (χ4v) is 6.84. The summed E-state index contributed by atoms with van der Waals surface area (Å²) >= 11 is 0. The summed E-state index contributed by atoms with van der Waals surface area (Å²) in [5.41, 5.74) is 9.95. The van der Waals surface area contributed by atoms with E-state index in [-0.39, 0.29) is 0 Å². The molecule has 0 amide bonds. The van der Waals surface area contributed by atoms with Crippen molar-refractivity contribution in [3.63, 3.8) is 0 Å². The van der Waals surface area contributed by atoms with E-state index >= 15 is 0 Å². The maximum Gasteiger partial charge on any atom is 0.136 e. The van der Waals surface area contributed by atoms with Crippen LogP contribution in [0.15, 0.2) is 168 Å². The van der Waals surface area contributed by atoms with E-state index in [9.17, 15) is 0 Å². The Hall–Kier alpha value is -5.86. The fraction of sp³-hybridized carbons (Fsp3) is 0. The average molecular weight is 562 g/mol. The molecule has 2 heteroatoms. The number of rotatable bonds is 5. The molecule has 206 valence electrons. The molecule has 44 heavy (non-hydrogen) atoms. The molecule has 1 heterocycles. The third-order valence-electron chi connectivity index (χ3n) is 8.80. The van der Waals surface area contributed by atoms with Crippen LogP contribution in [0.1, 0.15) is 0 Å². The van der Waals surface area contributed by atoms with Crippen LogP contribution in [0.5, 0.6) is 0 Å². The van der Waals surface area contributed by atoms with E-state index in [0.29, 0.717) is 0 Å². The fourth-order valence-electron chi connectivity index (χ4n) is 6.84. The highest BCUT2D eigenvalue weighted by atomic mass is 16.3. The highest BCUT2D eigenvalue weighted by Crippen LogP contribution is 2.48. The van der Waals surface area contributed by atoms with Crippen LogP contribution in [0.4, 0.5) is 17.1 Å². The van der Waals surface area contributed by atoms with Crippen LogP contribution in [0.2, 0.25) is 0 Å². The van der Waals surface area contributed by atoms with Crippen LogP contribution in [-0.4, -0.2) is 0 Å². The van der Waals surface area contributed by atoms with Crippen molar-refractivity contribution in [3.8, 4) is 22.3 Å². The minimum Gasteiger partial charge on any atom is -0.456 e. The van der Waals surface area contributed by atoms with Gasteiger partial charge in [0, 0.05) is 27.5 Å². The zero-order chi connectivity index (χ0) is 29.0. The van der Waals surface area contributed by atoms with Crippen LogP contribution in [0.3, 0.4) is 0 Å². The van der Waals surface area contributed by atoms with Crippen molar-refractivity contribution < 1.29 is 4.42 Å². The van der Waals surface area contributed by atoms with Gasteiger partial charge in [-0.3, -0.25) is 0 Å². The maximum atomic E-state index is 6.56. The minimum atomic E-state index is 0.919. The predicted octanol–water partition coefficient (Wildman–Crippen LogP) is 12.1. The Morgan fingerprint density at radius 1 is 0.341 bits per heavy atom. The third kappa shape index (κ3) is 3.82. The van der Waals surface area contributed by atoms with E-state index in [4.69, 9.17) is 4.42 Å². The molecule has 8 aromatic carbocycles. The molecule has 9 aromatic rings. The van der Waals surface area contributed by atoms with Crippen LogP contribution < -0.4 is 4.90 Å². The highest BCUT2D eigenvalue weighted by molar-refractivity contribution is 6.35. The number of para-hydroxylation sites is 1. The molecule has 0 radical (unpaired) electrons. The molecule has 0 saturated carbocycles. The molecule has 2 nitrogen and oxygen atoms in total. The largest absolute Gasteiger partial charge is 0.456 e. The number of furan rings is 1. The second kappa shape index (κ2) is 9.86. The van der Waals surface area contributed by atoms with Gasteiger partial charge in [0.25, 0.3) is 0 Å². The number of hydrogen-bond acceptors (Lipinski definition) is 2. The molecule has 0 aliphatic carbocycles. The molecule has 1 aromatic heterocycles. The molecular weight excluding hydrogens is 534 g/mol. The van der Waals surface area contributed by atoms with Gasteiger partial charge in [0.15, 0.2) is 0 Å². The third-order valence-corrected chi connectivity index (χ3v) is 8.80. The molecule has 0 atom stereocenters. The molecule has 0 spiro atoms.